The van der Waals surface area contributed by atoms with Gasteiger partial charge in [-0.25, -0.2) is 4.57 Å². The second-order valence-electron chi connectivity index (χ2n) is 7.08. The number of rotatable bonds is 0. The number of hydrogen-bond acceptors (Lipinski definition) is 9. The van der Waals surface area contributed by atoms with E-state index in [1.54, 1.807) is 15.7 Å². The predicted molar refractivity (Wildman–Crippen MR) is 94.6 cm³/mol. The first-order chi connectivity index (χ1) is 12.0. The lowest BCUT2D eigenvalue weighted by Crippen LogP contribution is -2.38. The molecule has 2 N–H and O–H groups in total. The Balaban J connectivity index is 1.85. The van der Waals surface area contributed by atoms with Crippen LogP contribution in [0.4, 0.5) is 0 Å². The minimum absolute atomic E-state index is 0.156. The Kier molecular flexibility index (Phi) is 6.13. The summed E-state index contributed by atoms with van der Waals surface area (Å²) in [6, 6.07) is -0.873. The van der Waals surface area contributed by atoms with Gasteiger partial charge in [0.15, 0.2) is 0 Å². The van der Waals surface area contributed by atoms with E-state index < -0.39 is 51.9 Å². The molecule has 0 spiro atoms. The molecule has 0 radical (unpaired) electrons. The highest BCUT2D eigenvalue weighted by Gasteiger charge is 2.49. The van der Waals surface area contributed by atoms with Gasteiger partial charge in [-0.3, -0.25) is 18.1 Å². The first kappa shape index (κ1) is 21.0. The van der Waals surface area contributed by atoms with Crippen molar-refractivity contribution in [2.45, 2.75) is 49.5 Å². The third kappa shape index (κ3) is 4.46. The van der Waals surface area contributed by atoms with Gasteiger partial charge in [0.25, 0.3) is 0 Å². The molecular weight excluding hydrogens is 388 g/mol. The average Bonchev–Trinajstić information content (AvgIpc) is 2.95. The van der Waals surface area contributed by atoms with Gasteiger partial charge in [0.1, 0.15) is 46.2 Å². The van der Waals surface area contributed by atoms with Gasteiger partial charge >= 0.3 is 15.4 Å². The molecule has 3 rings (SSSR count). The summed E-state index contributed by atoms with van der Waals surface area (Å²) in [5.41, 5.74) is 0. The third-order valence-electron chi connectivity index (χ3n) is 5.03. The van der Waals surface area contributed by atoms with Crippen LogP contribution >= 0.6 is 15.4 Å². The number of aliphatic hydroxyl groups excluding tert-OH is 1. The molecule has 10 nitrogen and oxygen atoms in total. The number of phosphoric acid groups is 1. The summed E-state index contributed by atoms with van der Waals surface area (Å²) in [4.78, 5) is 10.1. The second-order valence-corrected chi connectivity index (χ2v) is 10.5. The SMILES string of the molecule is B[C@@H]1O[C@@H]2COP(C)(=O)OC3[C@@H](COP(=O)(O)OC2[C@@H]1C)O[C@@H](B)[C@H]3O. The zero-order valence-corrected chi connectivity index (χ0v) is 16.9. The lowest BCUT2D eigenvalue weighted by molar-refractivity contribution is -0.0376. The van der Waals surface area contributed by atoms with Gasteiger partial charge in [-0.05, 0) is 0 Å². The molecule has 26 heavy (non-hydrogen) atoms. The zero-order chi connectivity index (χ0) is 19.3. The maximum absolute atomic E-state index is 12.7. The Bertz CT molecular complexity index is 571. The van der Waals surface area contributed by atoms with Gasteiger partial charge in [-0.15, -0.1) is 0 Å². The van der Waals surface area contributed by atoms with Crippen LogP contribution in [-0.4, -0.2) is 88.1 Å². The highest BCUT2D eigenvalue weighted by molar-refractivity contribution is 7.53. The third-order valence-corrected chi connectivity index (χ3v) is 7.26. The van der Waals surface area contributed by atoms with Crippen LogP contribution in [0.5, 0.6) is 0 Å². The number of fused-ring (bicyclic) bond motifs is 2. The summed E-state index contributed by atoms with van der Waals surface area (Å²) >= 11 is 0. The summed E-state index contributed by atoms with van der Waals surface area (Å²) < 4.78 is 57.5. The standard InChI is InChI=1S/C12H24B2O10P2/c1-5-9-6(21-11(5)13)3-19-25(2,16)23-10-7(22-12(14)8(10)15)4-20-26(17,18)24-9/h5-12,15H,3-4,13-14H2,1-2H3,(H,17,18)/t5-,6+,7+,8-,9?,10?,11+,12+,25?/m0/s1. The van der Waals surface area contributed by atoms with Crippen LogP contribution in [0.1, 0.15) is 6.92 Å². The molecule has 4 unspecified atom stereocenters. The van der Waals surface area contributed by atoms with Crippen molar-refractivity contribution in [3.05, 3.63) is 0 Å². The summed E-state index contributed by atoms with van der Waals surface area (Å²) in [6.07, 6.45) is -4.49. The van der Waals surface area contributed by atoms with Gasteiger partial charge in [-0.1, -0.05) is 6.92 Å². The molecule has 3 saturated heterocycles. The molecule has 10 atom stereocenters. The van der Waals surface area contributed by atoms with Crippen molar-refractivity contribution in [3.63, 3.8) is 0 Å². The molecule has 0 aromatic carbocycles. The van der Waals surface area contributed by atoms with E-state index in [0.717, 1.165) is 0 Å². The highest BCUT2D eigenvalue weighted by Crippen LogP contribution is 2.52. The van der Waals surface area contributed by atoms with Crippen LogP contribution < -0.4 is 0 Å². The molecular formula is C12H24B2O10P2. The maximum Gasteiger partial charge on any atom is 0.472 e. The smallest absolute Gasteiger partial charge is 0.388 e. The fraction of sp³-hybridized carbons (Fsp3) is 1.00. The van der Waals surface area contributed by atoms with E-state index in [1.807, 2.05) is 6.92 Å². The Morgan fingerprint density at radius 3 is 2.23 bits per heavy atom. The van der Waals surface area contributed by atoms with Crippen molar-refractivity contribution in [2.75, 3.05) is 19.9 Å². The molecule has 0 aromatic heterocycles. The van der Waals surface area contributed by atoms with E-state index in [0.29, 0.717) is 0 Å². The van der Waals surface area contributed by atoms with Gasteiger partial charge in [0.2, 0.25) is 0 Å². The van der Waals surface area contributed by atoms with Gasteiger partial charge in [0.05, 0.1) is 19.2 Å². The number of ether oxygens (including phenoxy) is 2. The Morgan fingerprint density at radius 1 is 0.962 bits per heavy atom. The number of phosphoric ester groups is 1. The summed E-state index contributed by atoms with van der Waals surface area (Å²) in [5, 5.41) is 10.2. The van der Waals surface area contributed by atoms with Crippen molar-refractivity contribution < 1.29 is 46.7 Å². The van der Waals surface area contributed by atoms with Crippen LogP contribution in [0.2, 0.25) is 0 Å². The van der Waals surface area contributed by atoms with Crippen LogP contribution in [0, 0.1) is 5.92 Å². The summed E-state index contributed by atoms with van der Waals surface area (Å²) in [5.74, 6) is -0.204. The number of aliphatic hydroxyl groups is 1. The highest BCUT2D eigenvalue weighted by atomic mass is 31.2. The summed E-state index contributed by atoms with van der Waals surface area (Å²) in [6.45, 7) is 2.58. The van der Waals surface area contributed by atoms with Crippen molar-refractivity contribution in [2.24, 2.45) is 5.92 Å². The average molecular weight is 412 g/mol. The monoisotopic (exact) mass is 412 g/mol. The molecule has 3 heterocycles. The molecule has 148 valence electrons. The minimum atomic E-state index is -4.42. The Hall–Kier alpha value is 0.270. The van der Waals surface area contributed by atoms with Crippen LogP contribution in [0.25, 0.3) is 0 Å². The molecule has 0 amide bonds. The number of hydrogen-bond donors (Lipinski definition) is 2. The molecule has 0 aromatic rings. The fourth-order valence-corrected chi connectivity index (χ4v) is 5.59. The van der Waals surface area contributed by atoms with E-state index in [2.05, 4.69) is 0 Å². The van der Waals surface area contributed by atoms with E-state index >= 15 is 0 Å². The zero-order valence-electron chi connectivity index (χ0n) is 15.1. The van der Waals surface area contributed by atoms with Crippen LogP contribution in [0.15, 0.2) is 0 Å². The van der Waals surface area contributed by atoms with E-state index in [-0.39, 0.29) is 25.1 Å². The predicted octanol–water partition coefficient (Wildman–Crippen LogP) is -1.56. The first-order valence-corrected chi connectivity index (χ1v) is 12.0. The van der Waals surface area contributed by atoms with Crippen molar-refractivity contribution in [3.8, 4) is 0 Å². The van der Waals surface area contributed by atoms with E-state index in [1.165, 1.54) is 6.66 Å². The quantitative estimate of drug-likeness (QED) is 0.356. The van der Waals surface area contributed by atoms with Crippen molar-refractivity contribution in [1.29, 1.82) is 0 Å². The maximum atomic E-state index is 12.7. The lowest BCUT2D eigenvalue weighted by Gasteiger charge is -2.29. The Morgan fingerprint density at radius 2 is 1.54 bits per heavy atom. The fourth-order valence-electron chi connectivity index (χ4n) is 3.38. The summed E-state index contributed by atoms with van der Waals surface area (Å²) in [7, 11) is -4.56. The molecule has 3 aliphatic heterocycles. The van der Waals surface area contributed by atoms with Gasteiger partial charge in [-0.2, -0.15) is 0 Å². The van der Waals surface area contributed by atoms with Gasteiger partial charge in [0, 0.05) is 18.6 Å². The minimum Gasteiger partial charge on any atom is -0.388 e. The molecule has 3 aliphatic rings. The molecule has 0 aliphatic carbocycles. The van der Waals surface area contributed by atoms with Crippen LogP contribution in [-0.2, 0) is 36.7 Å². The molecule has 14 heteroatoms. The largest absolute Gasteiger partial charge is 0.472 e. The van der Waals surface area contributed by atoms with Crippen molar-refractivity contribution >= 4 is 31.1 Å². The first-order valence-electron chi connectivity index (χ1n) is 8.54. The van der Waals surface area contributed by atoms with Gasteiger partial charge < -0.3 is 24.0 Å². The van der Waals surface area contributed by atoms with Crippen molar-refractivity contribution in [1.82, 2.24) is 0 Å². The topological polar surface area (TPSA) is 130 Å². The molecule has 3 fully saturated rings. The van der Waals surface area contributed by atoms with E-state index in [4.69, 9.17) is 27.6 Å². The Labute approximate surface area is 153 Å². The van der Waals surface area contributed by atoms with Crippen LogP contribution in [0.3, 0.4) is 0 Å². The lowest BCUT2D eigenvalue weighted by atomic mass is 9.86. The normalized spacial score (nSPS) is 56.2. The molecule has 0 bridgehead atoms. The second kappa shape index (κ2) is 7.59. The van der Waals surface area contributed by atoms with E-state index in [9.17, 15) is 19.1 Å². The molecule has 0 saturated carbocycles.